The lowest BCUT2D eigenvalue weighted by Crippen LogP contribution is -2.27. The second-order valence-corrected chi connectivity index (χ2v) is 7.26. The fraction of sp³-hybridized carbons (Fsp3) is 0.364. The molecule has 1 aromatic carbocycles. The fourth-order valence-corrected chi connectivity index (χ4v) is 3.71. The van der Waals surface area contributed by atoms with Crippen LogP contribution in [0.1, 0.15) is 17.2 Å². The van der Waals surface area contributed by atoms with Gasteiger partial charge in [-0.2, -0.15) is 0 Å². The SMILES string of the molecule is CS(=O)(=O)C(C1=NCC1)c1cccc(I)c1. The van der Waals surface area contributed by atoms with Crippen LogP contribution in [0.4, 0.5) is 0 Å². The maximum absolute atomic E-state index is 11.8. The van der Waals surface area contributed by atoms with Gasteiger partial charge in [0, 0.05) is 28.5 Å². The molecule has 3 nitrogen and oxygen atoms in total. The Labute approximate surface area is 109 Å². The minimum Gasteiger partial charge on any atom is -0.292 e. The first-order valence-corrected chi connectivity index (χ1v) is 7.99. The highest BCUT2D eigenvalue weighted by Crippen LogP contribution is 2.29. The van der Waals surface area contributed by atoms with Crippen LogP contribution in [0, 0.1) is 3.57 Å². The van der Waals surface area contributed by atoms with E-state index in [1.54, 1.807) is 0 Å². The summed E-state index contributed by atoms with van der Waals surface area (Å²) in [6.07, 6.45) is 2.07. The predicted octanol–water partition coefficient (Wildman–Crippen LogP) is 2.22. The molecule has 1 heterocycles. The lowest BCUT2D eigenvalue weighted by Gasteiger charge is -2.23. The highest BCUT2D eigenvalue weighted by atomic mass is 127. The van der Waals surface area contributed by atoms with E-state index in [1.807, 2.05) is 24.3 Å². The number of rotatable bonds is 3. The van der Waals surface area contributed by atoms with Crippen LogP contribution in [0.5, 0.6) is 0 Å². The van der Waals surface area contributed by atoms with Crippen molar-refractivity contribution in [2.75, 3.05) is 12.8 Å². The van der Waals surface area contributed by atoms with Crippen molar-refractivity contribution in [3.63, 3.8) is 0 Å². The maximum atomic E-state index is 11.8. The molecule has 1 unspecified atom stereocenters. The third kappa shape index (κ3) is 2.45. The van der Waals surface area contributed by atoms with Gasteiger partial charge >= 0.3 is 0 Å². The summed E-state index contributed by atoms with van der Waals surface area (Å²) in [5, 5.41) is -0.545. The molecule has 1 aromatic rings. The molecule has 16 heavy (non-hydrogen) atoms. The molecule has 0 aromatic heterocycles. The summed E-state index contributed by atoms with van der Waals surface area (Å²) in [5.74, 6) is 0. The first-order chi connectivity index (χ1) is 7.48. The molecule has 0 aliphatic carbocycles. The Morgan fingerprint density at radius 2 is 2.12 bits per heavy atom. The van der Waals surface area contributed by atoms with Gasteiger partial charge < -0.3 is 0 Å². The predicted molar refractivity (Wildman–Crippen MR) is 73.7 cm³/mol. The van der Waals surface area contributed by atoms with E-state index >= 15 is 0 Å². The van der Waals surface area contributed by atoms with Gasteiger partial charge in [0.15, 0.2) is 9.84 Å². The van der Waals surface area contributed by atoms with Gasteiger partial charge in [-0.1, -0.05) is 12.1 Å². The molecular weight excluding hydrogens is 337 g/mol. The van der Waals surface area contributed by atoms with E-state index in [-0.39, 0.29) is 0 Å². The van der Waals surface area contributed by atoms with Crippen molar-refractivity contribution in [3.05, 3.63) is 33.4 Å². The van der Waals surface area contributed by atoms with Crippen LogP contribution in [0.25, 0.3) is 0 Å². The summed E-state index contributed by atoms with van der Waals surface area (Å²) >= 11 is 2.19. The Morgan fingerprint density at radius 3 is 2.56 bits per heavy atom. The van der Waals surface area contributed by atoms with Crippen LogP contribution in [-0.2, 0) is 9.84 Å². The maximum Gasteiger partial charge on any atom is 0.159 e. The molecule has 5 heteroatoms. The number of nitrogens with zero attached hydrogens (tertiary/aromatic N) is 1. The smallest absolute Gasteiger partial charge is 0.159 e. The Balaban J connectivity index is 2.48. The third-order valence-corrected chi connectivity index (χ3v) is 4.64. The molecule has 1 aliphatic rings. The van der Waals surface area contributed by atoms with Gasteiger partial charge in [-0.3, -0.25) is 4.99 Å². The van der Waals surface area contributed by atoms with Crippen molar-refractivity contribution in [3.8, 4) is 0 Å². The van der Waals surface area contributed by atoms with Crippen LogP contribution in [0.3, 0.4) is 0 Å². The zero-order chi connectivity index (χ0) is 11.8. The van der Waals surface area contributed by atoms with Crippen LogP contribution >= 0.6 is 22.6 Å². The van der Waals surface area contributed by atoms with Gasteiger partial charge in [0.2, 0.25) is 0 Å². The summed E-state index contributed by atoms with van der Waals surface area (Å²) in [6.45, 7) is 0.755. The molecule has 86 valence electrons. The molecule has 0 saturated carbocycles. The quantitative estimate of drug-likeness (QED) is 0.786. The molecule has 0 bridgehead atoms. The summed E-state index contributed by atoms with van der Waals surface area (Å²) < 4.78 is 24.6. The first kappa shape index (κ1) is 12.0. The zero-order valence-corrected chi connectivity index (χ0v) is 11.8. The van der Waals surface area contributed by atoms with Crippen LogP contribution in [0.15, 0.2) is 29.3 Å². The molecule has 1 aliphatic heterocycles. The van der Waals surface area contributed by atoms with Crippen molar-refractivity contribution < 1.29 is 8.42 Å². The molecule has 0 amide bonds. The van der Waals surface area contributed by atoms with Crippen molar-refractivity contribution in [1.29, 1.82) is 0 Å². The van der Waals surface area contributed by atoms with Crippen LogP contribution < -0.4 is 0 Å². The summed E-state index contributed by atoms with van der Waals surface area (Å²) in [7, 11) is -3.13. The van der Waals surface area contributed by atoms with E-state index in [4.69, 9.17) is 0 Å². The second kappa shape index (κ2) is 4.44. The molecule has 0 N–H and O–H groups in total. The second-order valence-electron chi connectivity index (χ2n) is 3.89. The number of hydrogen-bond donors (Lipinski definition) is 0. The van der Waals surface area contributed by atoms with Crippen molar-refractivity contribution >= 4 is 38.1 Å². The molecule has 0 saturated heterocycles. The molecule has 0 spiro atoms. The number of hydrogen-bond acceptors (Lipinski definition) is 3. The largest absolute Gasteiger partial charge is 0.292 e. The van der Waals surface area contributed by atoms with E-state index in [9.17, 15) is 8.42 Å². The van der Waals surface area contributed by atoms with Crippen molar-refractivity contribution in [2.45, 2.75) is 11.7 Å². The number of aliphatic imine (C=N–C) groups is 1. The first-order valence-electron chi connectivity index (χ1n) is 4.96. The average Bonchev–Trinajstić information content (AvgIpc) is 2.08. The van der Waals surface area contributed by atoms with E-state index in [0.29, 0.717) is 0 Å². The minimum atomic E-state index is -3.13. The monoisotopic (exact) mass is 349 g/mol. The molecule has 0 radical (unpaired) electrons. The normalized spacial score (nSPS) is 17.5. The standard InChI is InChI=1S/C11H12INO2S/c1-16(14,15)11(10-5-6-13-10)8-3-2-4-9(12)7-8/h2-4,7,11H,5-6H2,1H3. The van der Waals surface area contributed by atoms with E-state index in [1.165, 1.54) is 6.26 Å². The van der Waals surface area contributed by atoms with E-state index < -0.39 is 15.1 Å². The highest BCUT2D eigenvalue weighted by Gasteiger charge is 2.30. The summed E-state index contributed by atoms with van der Waals surface area (Å²) in [5.41, 5.74) is 1.62. The highest BCUT2D eigenvalue weighted by molar-refractivity contribution is 14.1. The fourth-order valence-electron chi connectivity index (χ4n) is 1.81. The van der Waals surface area contributed by atoms with Gasteiger partial charge in [-0.15, -0.1) is 0 Å². The third-order valence-electron chi connectivity index (χ3n) is 2.57. The Kier molecular flexibility index (Phi) is 3.34. The topological polar surface area (TPSA) is 46.5 Å². The Morgan fingerprint density at radius 1 is 1.44 bits per heavy atom. The van der Waals surface area contributed by atoms with Gasteiger partial charge in [-0.05, 0) is 40.3 Å². The molecular formula is C11H12INO2S. The van der Waals surface area contributed by atoms with Gasteiger partial charge in [0.05, 0.1) is 0 Å². The lowest BCUT2D eigenvalue weighted by atomic mass is 10.0. The molecule has 2 rings (SSSR count). The minimum absolute atomic E-state index is 0.545. The van der Waals surface area contributed by atoms with E-state index in [0.717, 1.165) is 27.8 Å². The van der Waals surface area contributed by atoms with Crippen LogP contribution in [-0.4, -0.2) is 26.9 Å². The average molecular weight is 349 g/mol. The zero-order valence-electron chi connectivity index (χ0n) is 8.85. The van der Waals surface area contributed by atoms with E-state index in [2.05, 4.69) is 27.6 Å². The van der Waals surface area contributed by atoms with Crippen LogP contribution in [0.2, 0.25) is 0 Å². The summed E-state index contributed by atoms with van der Waals surface area (Å²) in [6, 6.07) is 7.60. The number of sulfone groups is 1. The Hall–Kier alpha value is -0.430. The lowest BCUT2D eigenvalue weighted by molar-refractivity contribution is 0.597. The van der Waals surface area contributed by atoms with Gasteiger partial charge in [0.1, 0.15) is 5.25 Å². The molecule has 1 atom stereocenters. The molecule has 0 fully saturated rings. The number of benzene rings is 1. The van der Waals surface area contributed by atoms with Crippen molar-refractivity contribution in [2.24, 2.45) is 4.99 Å². The Bertz CT molecular complexity index is 537. The summed E-state index contributed by atoms with van der Waals surface area (Å²) in [4.78, 5) is 4.18. The number of halogens is 1. The van der Waals surface area contributed by atoms with Gasteiger partial charge in [0.25, 0.3) is 0 Å². The van der Waals surface area contributed by atoms with Crippen molar-refractivity contribution in [1.82, 2.24) is 0 Å². The van der Waals surface area contributed by atoms with Gasteiger partial charge in [-0.25, -0.2) is 8.42 Å².